The van der Waals surface area contributed by atoms with Gasteiger partial charge in [0.1, 0.15) is 11.4 Å². The van der Waals surface area contributed by atoms with Crippen molar-refractivity contribution in [3.05, 3.63) is 47.9 Å². The molecule has 38 heavy (non-hydrogen) atoms. The third-order valence-electron chi connectivity index (χ3n) is 7.06. The maximum atomic E-state index is 15.1. The first-order chi connectivity index (χ1) is 18.1. The Morgan fingerprint density at radius 2 is 1.97 bits per heavy atom. The van der Waals surface area contributed by atoms with E-state index < -0.39 is 23.4 Å². The summed E-state index contributed by atoms with van der Waals surface area (Å²) in [5.74, 6) is -0.189. The van der Waals surface area contributed by atoms with Crippen LogP contribution in [0.15, 0.2) is 36.5 Å². The molecule has 1 aliphatic heterocycles. The van der Waals surface area contributed by atoms with Crippen molar-refractivity contribution in [1.82, 2.24) is 24.8 Å². The lowest BCUT2D eigenvalue weighted by molar-refractivity contribution is 0.0577. The van der Waals surface area contributed by atoms with Gasteiger partial charge in [-0.25, -0.2) is 18.7 Å². The predicted molar refractivity (Wildman–Crippen MR) is 143 cm³/mol. The highest BCUT2D eigenvalue weighted by Gasteiger charge is 2.31. The average molecular weight is 523 g/mol. The molecule has 0 spiro atoms. The highest BCUT2D eigenvalue weighted by atomic mass is 19.1. The monoisotopic (exact) mass is 522 g/mol. The van der Waals surface area contributed by atoms with Crippen LogP contribution in [0.2, 0.25) is 0 Å². The van der Waals surface area contributed by atoms with Crippen LogP contribution in [-0.4, -0.2) is 69.8 Å². The summed E-state index contributed by atoms with van der Waals surface area (Å²) in [4.78, 5) is 33.8. The van der Waals surface area contributed by atoms with E-state index in [-0.39, 0.29) is 11.6 Å². The largest absolute Gasteiger partial charge is 0.443 e. The number of halogens is 1. The number of rotatable bonds is 7. The number of nitrogens with one attached hydrogen (secondary N) is 1. The van der Waals surface area contributed by atoms with Gasteiger partial charge in [0.25, 0.3) is 5.91 Å². The standard InChI is InChI=1S/C28H35FN6O3/c1-28(2,3)38-27(37)34(17-18-7-8-18)25-12-11-24-30-16-23(35(24)32-25)19-9-10-21(22(29)14-19)26(36)31-15-20-6-5-13-33(20)4/h9-12,14,16,18,20H,5-8,13,15,17H2,1-4H3,(H,31,36)/t20-/m0/s1. The summed E-state index contributed by atoms with van der Waals surface area (Å²) >= 11 is 0. The first kappa shape index (κ1) is 26.1. The number of imidazole rings is 1. The molecule has 2 aromatic heterocycles. The molecular formula is C28H35FN6O3. The normalized spacial score (nSPS) is 18.1. The number of anilines is 1. The number of carbonyl (C=O) groups is 2. The average Bonchev–Trinajstić information content (AvgIpc) is 3.44. The Balaban J connectivity index is 1.39. The topological polar surface area (TPSA) is 92.1 Å². The third-order valence-corrected chi connectivity index (χ3v) is 7.06. The second-order valence-corrected chi connectivity index (χ2v) is 11.3. The van der Waals surface area contributed by atoms with Gasteiger partial charge in [-0.3, -0.25) is 9.69 Å². The molecule has 3 aromatic rings. The number of hydrogen-bond donors (Lipinski definition) is 1. The number of likely N-dealkylation sites (tertiary alicyclic amines) is 1. The Morgan fingerprint density at radius 1 is 1.18 bits per heavy atom. The fraction of sp³-hybridized carbons (Fsp3) is 0.500. The molecule has 0 bridgehead atoms. The third kappa shape index (κ3) is 5.80. The summed E-state index contributed by atoms with van der Waals surface area (Å²) in [6.45, 7) is 7.51. The van der Waals surface area contributed by atoms with Crippen LogP contribution in [0.5, 0.6) is 0 Å². The van der Waals surface area contributed by atoms with E-state index in [4.69, 9.17) is 4.74 Å². The number of hydrogen-bond acceptors (Lipinski definition) is 6. The molecule has 2 amide bonds. The van der Waals surface area contributed by atoms with E-state index in [2.05, 4.69) is 20.3 Å². The molecule has 3 heterocycles. The van der Waals surface area contributed by atoms with E-state index in [0.29, 0.717) is 41.7 Å². The van der Waals surface area contributed by atoms with Crippen molar-refractivity contribution in [3.8, 4) is 11.3 Å². The number of amides is 2. The van der Waals surface area contributed by atoms with E-state index in [9.17, 15) is 9.59 Å². The first-order valence-electron chi connectivity index (χ1n) is 13.2. The first-order valence-corrected chi connectivity index (χ1v) is 13.2. The Kier molecular flexibility index (Phi) is 7.09. The van der Waals surface area contributed by atoms with Gasteiger partial charge in [-0.15, -0.1) is 5.10 Å². The van der Waals surface area contributed by atoms with Crippen LogP contribution in [0, 0.1) is 11.7 Å². The summed E-state index contributed by atoms with van der Waals surface area (Å²) in [5.41, 5.74) is 0.995. The molecule has 9 nitrogen and oxygen atoms in total. The van der Waals surface area contributed by atoms with Crippen LogP contribution < -0.4 is 10.2 Å². The van der Waals surface area contributed by atoms with Crippen LogP contribution in [0.1, 0.15) is 56.8 Å². The summed E-state index contributed by atoms with van der Waals surface area (Å²) in [6, 6.07) is 8.29. The van der Waals surface area contributed by atoms with Gasteiger partial charge in [-0.2, -0.15) is 0 Å². The Bertz CT molecular complexity index is 1350. The molecule has 2 aliphatic rings. The minimum atomic E-state index is -0.637. The van der Waals surface area contributed by atoms with Crippen LogP contribution in [0.4, 0.5) is 15.0 Å². The molecule has 1 aliphatic carbocycles. The Labute approximate surface area is 222 Å². The molecule has 1 saturated heterocycles. The quantitative estimate of drug-likeness (QED) is 0.491. The molecule has 0 unspecified atom stereocenters. The lowest BCUT2D eigenvalue weighted by Gasteiger charge is -2.26. The maximum absolute atomic E-state index is 15.1. The summed E-state index contributed by atoms with van der Waals surface area (Å²) < 4.78 is 22.3. The van der Waals surface area contributed by atoms with Crippen molar-refractivity contribution < 1.29 is 18.7 Å². The van der Waals surface area contributed by atoms with E-state index in [1.807, 2.05) is 27.8 Å². The fourth-order valence-electron chi connectivity index (χ4n) is 4.74. The van der Waals surface area contributed by atoms with Crippen LogP contribution >= 0.6 is 0 Å². The van der Waals surface area contributed by atoms with Gasteiger partial charge in [-0.1, -0.05) is 6.07 Å². The van der Waals surface area contributed by atoms with E-state index >= 15 is 4.39 Å². The molecular weight excluding hydrogens is 487 g/mol. The maximum Gasteiger partial charge on any atom is 0.416 e. The highest BCUT2D eigenvalue weighted by molar-refractivity contribution is 5.95. The lowest BCUT2D eigenvalue weighted by Crippen LogP contribution is -2.38. The summed E-state index contributed by atoms with van der Waals surface area (Å²) in [5, 5.41) is 7.55. The van der Waals surface area contributed by atoms with Gasteiger partial charge >= 0.3 is 6.09 Å². The molecule has 2 fully saturated rings. The fourth-order valence-corrected chi connectivity index (χ4v) is 4.74. The number of carbonyl (C=O) groups excluding carboxylic acids is 2. The molecule has 1 saturated carbocycles. The zero-order valence-electron chi connectivity index (χ0n) is 22.4. The molecule has 5 rings (SSSR count). The van der Waals surface area contributed by atoms with Crippen molar-refractivity contribution in [2.24, 2.45) is 5.92 Å². The number of likely N-dealkylation sites (N-methyl/N-ethyl adjacent to an activating group) is 1. The molecule has 1 atom stereocenters. The van der Waals surface area contributed by atoms with Crippen molar-refractivity contribution in [3.63, 3.8) is 0 Å². The minimum Gasteiger partial charge on any atom is -0.443 e. The van der Waals surface area contributed by atoms with E-state index in [1.165, 1.54) is 12.1 Å². The second kappa shape index (κ2) is 10.3. The molecule has 0 radical (unpaired) electrons. The lowest BCUT2D eigenvalue weighted by atomic mass is 10.1. The van der Waals surface area contributed by atoms with Gasteiger partial charge in [0.2, 0.25) is 0 Å². The van der Waals surface area contributed by atoms with Crippen LogP contribution in [-0.2, 0) is 4.74 Å². The van der Waals surface area contributed by atoms with Crippen molar-refractivity contribution >= 4 is 23.5 Å². The van der Waals surface area contributed by atoms with Crippen LogP contribution in [0.3, 0.4) is 0 Å². The molecule has 10 heteroatoms. The summed E-state index contributed by atoms with van der Waals surface area (Å²) in [6.07, 6.45) is 5.40. The van der Waals surface area contributed by atoms with Gasteiger partial charge in [-0.05, 0) is 90.2 Å². The van der Waals surface area contributed by atoms with E-state index in [0.717, 1.165) is 32.2 Å². The van der Waals surface area contributed by atoms with Crippen molar-refractivity contribution in [1.29, 1.82) is 0 Å². The Hall–Kier alpha value is -3.53. The number of fused-ring (bicyclic) bond motifs is 1. The number of aromatic nitrogens is 3. The van der Waals surface area contributed by atoms with E-state index in [1.54, 1.807) is 33.8 Å². The second-order valence-electron chi connectivity index (χ2n) is 11.3. The van der Waals surface area contributed by atoms with Gasteiger partial charge < -0.3 is 15.0 Å². The number of benzene rings is 1. The molecule has 202 valence electrons. The predicted octanol–water partition coefficient (Wildman–Crippen LogP) is 4.51. The number of ether oxygens (including phenoxy) is 1. The zero-order valence-corrected chi connectivity index (χ0v) is 22.4. The van der Waals surface area contributed by atoms with Crippen LogP contribution in [0.25, 0.3) is 16.9 Å². The molecule has 1 aromatic carbocycles. The van der Waals surface area contributed by atoms with Gasteiger partial charge in [0.15, 0.2) is 11.5 Å². The smallest absolute Gasteiger partial charge is 0.416 e. The number of nitrogens with zero attached hydrogens (tertiary/aromatic N) is 5. The SMILES string of the molecule is CN1CCC[C@H]1CNC(=O)c1ccc(-c2cnc3ccc(N(CC4CC4)C(=O)OC(C)(C)C)nn23)cc1F. The van der Waals surface area contributed by atoms with Gasteiger partial charge in [0.05, 0.1) is 17.5 Å². The summed E-state index contributed by atoms with van der Waals surface area (Å²) in [7, 11) is 2.03. The molecule has 1 N–H and O–H groups in total. The minimum absolute atomic E-state index is 0.00240. The van der Waals surface area contributed by atoms with Crippen molar-refractivity contribution in [2.45, 2.75) is 58.1 Å². The van der Waals surface area contributed by atoms with Crippen molar-refractivity contribution in [2.75, 3.05) is 31.6 Å². The van der Waals surface area contributed by atoms with Gasteiger partial charge in [0, 0.05) is 24.7 Å². The highest BCUT2D eigenvalue weighted by Crippen LogP contribution is 2.32. The zero-order chi connectivity index (χ0) is 27.0. The Morgan fingerprint density at radius 3 is 2.63 bits per heavy atom.